The second-order valence-corrected chi connectivity index (χ2v) is 7.76. The van der Waals surface area contributed by atoms with Crippen LogP contribution in [0.5, 0.6) is 0 Å². The fourth-order valence-electron chi connectivity index (χ4n) is 3.73. The fourth-order valence-corrected chi connectivity index (χ4v) is 3.73. The van der Waals surface area contributed by atoms with Crippen molar-refractivity contribution in [3.8, 4) is 0 Å². The zero-order valence-electron chi connectivity index (χ0n) is 16.9. The molecule has 0 bridgehead atoms. The molecule has 0 fully saturated rings. The van der Waals surface area contributed by atoms with Gasteiger partial charge in [0.25, 0.3) is 5.91 Å². The largest absolute Gasteiger partial charge is 0.456 e. The molecule has 5 heteroatoms. The van der Waals surface area contributed by atoms with Crippen LogP contribution in [0.25, 0.3) is 0 Å². The summed E-state index contributed by atoms with van der Waals surface area (Å²) in [5.41, 5.74) is 3.24. The summed E-state index contributed by atoms with van der Waals surface area (Å²) in [6.07, 6.45) is 4.55. The van der Waals surface area contributed by atoms with E-state index in [-0.39, 0.29) is 43.2 Å². The molecule has 0 unspecified atom stereocenters. The highest BCUT2D eigenvalue weighted by Gasteiger charge is 2.21. The van der Waals surface area contributed by atoms with Gasteiger partial charge in [-0.15, -0.1) is 0 Å². The Labute approximate surface area is 162 Å². The van der Waals surface area contributed by atoms with Crippen molar-refractivity contribution < 1.29 is 19.1 Å². The van der Waals surface area contributed by atoms with Crippen molar-refractivity contribution in [3.05, 3.63) is 34.9 Å². The van der Waals surface area contributed by atoms with Crippen molar-refractivity contribution in [2.45, 2.75) is 78.3 Å². The number of benzene rings is 1. The molecule has 1 aliphatic rings. The number of carbonyl (C=O) groups excluding carboxylic acids is 3. The number of esters is 1. The standard InChI is InChI=1S/C22H31NO4/c1-15(2)23(16(3)4)21(25)14-27-22(26)12-11-20(24)19-10-9-17-7-5-6-8-18(17)13-19/h9-10,13,15-16H,5-8,11-12,14H2,1-4H3. The second-order valence-electron chi connectivity index (χ2n) is 7.76. The molecule has 0 aliphatic heterocycles. The first-order chi connectivity index (χ1) is 12.8. The Bertz CT molecular complexity index is 686. The molecule has 1 aliphatic carbocycles. The maximum Gasteiger partial charge on any atom is 0.306 e. The van der Waals surface area contributed by atoms with Crippen molar-refractivity contribution in [1.29, 1.82) is 0 Å². The van der Waals surface area contributed by atoms with E-state index in [1.165, 1.54) is 17.5 Å². The fraction of sp³-hybridized carbons (Fsp3) is 0.591. The summed E-state index contributed by atoms with van der Waals surface area (Å²) in [5, 5.41) is 0. The van der Waals surface area contributed by atoms with E-state index in [0.717, 1.165) is 19.3 Å². The van der Waals surface area contributed by atoms with Gasteiger partial charge in [-0.1, -0.05) is 12.1 Å². The number of ketones is 1. The van der Waals surface area contributed by atoms with Crippen molar-refractivity contribution in [1.82, 2.24) is 4.90 Å². The quantitative estimate of drug-likeness (QED) is 0.515. The van der Waals surface area contributed by atoms with Crippen LogP contribution in [0.1, 0.15) is 74.9 Å². The van der Waals surface area contributed by atoms with Crippen LogP contribution in [0.2, 0.25) is 0 Å². The Morgan fingerprint density at radius 1 is 0.963 bits per heavy atom. The van der Waals surface area contributed by atoms with E-state index in [1.807, 2.05) is 45.9 Å². The topological polar surface area (TPSA) is 63.7 Å². The third-order valence-electron chi connectivity index (χ3n) is 4.98. The highest BCUT2D eigenvalue weighted by molar-refractivity contribution is 5.97. The van der Waals surface area contributed by atoms with Crippen LogP contribution in [-0.4, -0.2) is 41.3 Å². The molecule has 5 nitrogen and oxygen atoms in total. The van der Waals surface area contributed by atoms with E-state index in [1.54, 1.807) is 4.90 Å². The Kier molecular flexibility index (Phi) is 7.57. The predicted octanol–water partition coefficient (Wildman–Crippen LogP) is 3.72. The summed E-state index contributed by atoms with van der Waals surface area (Å²) in [6, 6.07) is 5.94. The maximum atomic E-state index is 12.4. The minimum atomic E-state index is -0.512. The van der Waals surface area contributed by atoms with E-state index < -0.39 is 5.97 Å². The van der Waals surface area contributed by atoms with Crippen LogP contribution >= 0.6 is 0 Å². The van der Waals surface area contributed by atoms with Crippen LogP contribution in [0.3, 0.4) is 0 Å². The van der Waals surface area contributed by atoms with Gasteiger partial charge in [-0.05, 0) is 70.6 Å². The van der Waals surface area contributed by atoms with Crippen LogP contribution in [0.4, 0.5) is 0 Å². The molecule has 148 valence electrons. The van der Waals surface area contributed by atoms with E-state index >= 15 is 0 Å². The lowest BCUT2D eigenvalue weighted by Crippen LogP contribution is -2.44. The second kappa shape index (κ2) is 9.67. The van der Waals surface area contributed by atoms with Gasteiger partial charge in [-0.25, -0.2) is 0 Å². The number of amides is 1. The number of nitrogens with zero attached hydrogens (tertiary/aromatic N) is 1. The number of Topliss-reactive ketones (excluding diaryl/α,β-unsaturated/α-hetero) is 1. The molecule has 0 heterocycles. The summed E-state index contributed by atoms with van der Waals surface area (Å²) in [6.45, 7) is 7.43. The van der Waals surface area contributed by atoms with Crippen LogP contribution < -0.4 is 0 Å². The minimum absolute atomic E-state index is 0.00739. The van der Waals surface area contributed by atoms with Crippen molar-refractivity contribution in [2.75, 3.05) is 6.61 Å². The SMILES string of the molecule is CC(C)N(C(=O)COC(=O)CCC(=O)c1ccc2c(c1)CCCC2)C(C)C. The van der Waals surface area contributed by atoms with Crippen LogP contribution in [0, 0.1) is 0 Å². The predicted molar refractivity (Wildman–Crippen MR) is 105 cm³/mol. The smallest absolute Gasteiger partial charge is 0.306 e. The van der Waals surface area contributed by atoms with E-state index in [4.69, 9.17) is 4.74 Å². The lowest BCUT2D eigenvalue weighted by Gasteiger charge is -2.30. The van der Waals surface area contributed by atoms with Gasteiger partial charge < -0.3 is 9.64 Å². The van der Waals surface area contributed by atoms with Crippen LogP contribution in [0.15, 0.2) is 18.2 Å². The van der Waals surface area contributed by atoms with Gasteiger partial charge >= 0.3 is 5.97 Å². The number of hydrogen-bond acceptors (Lipinski definition) is 4. The van der Waals surface area contributed by atoms with Gasteiger partial charge in [0.2, 0.25) is 0 Å². The molecule has 1 aromatic rings. The number of ether oxygens (including phenoxy) is 1. The highest BCUT2D eigenvalue weighted by atomic mass is 16.5. The monoisotopic (exact) mass is 373 g/mol. The molecule has 0 atom stereocenters. The summed E-state index contributed by atoms with van der Waals surface area (Å²) in [4.78, 5) is 38.2. The number of aryl methyl sites for hydroxylation is 2. The Morgan fingerprint density at radius 2 is 1.59 bits per heavy atom. The summed E-state index contributed by atoms with van der Waals surface area (Å²) in [5.74, 6) is -0.783. The first kappa shape index (κ1) is 21.1. The number of carbonyl (C=O) groups is 3. The number of rotatable bonds is 8. The zero-order chi connectivity index (χ0) is 20.0. The Hall–Kier alpha value is -2.17. The Balaban J connectivity index is 1.81. The minimum Gasteiger partial charge on any atom is -0.456 e. The third kappa shape index (κ3) is 5.91. The number of fused-ring (bicyclic) bond motifs is 1. The van der Waals surface area contributed by atoms with Gasteiger partial charge in [-0.3, -0.25) is 14.4 Å². The van der Waals surface area contributed by atoms with Crippen molar-refractivity contribution in [3.63, 3.8) is 0 Å². The molecule has 0 spiro atoms. The lowest BCUT2D eigenvalue weighted by molar-refractivity contribution is -0.153. The first-order valence-electron chi connectivity index (χ1n) is 9.91. The summed E-state index contributed by atoms with van der Waals surface area (Å²) >= 11 is 0. The van der Waals surface area contributed by atoms with Gasteiger partial charge in [0, 0.05) is 24.1 Å². The third-order valence-corrected chi connectivity index (χ3v) is 4.98. The van der Waals surface area contributed by atoms with Crippen LogP contribution in [-0.2, 0) is 27.2 Å². The van der Waals surface area contributed by atoms with Gasteiger partial charge in [0.15, 0.2) is 12.4 Å². The molecule has 1 aromatic carbocycles. The molecule has 0 N–H and O–H groups in total. The molecule has 27 heavy (non-hydrogen) atoms. The van der Waals surface area contributed by atoms with Gasteiger partial charge in [-0.2, -0.15) is 0 Å². The molecule has 0 radical (unpaired) electrons. The molecule has 0 aromatic heterocycles. The molecule has 2 rings (SSSR count). The molecular formula is C22H31NO4. The summed E-state index contributed by atoms with van der Waals surface area (Å²) < 4.78 is 5.08. The average Bonchev–Trinajstić information content (AvgIpc) is 2.63. The zero-order valence-corrected chi connectivity index (χ0v) is 16.9. The van der Waals surface area contributed by atoms with Crippen molar-refractivity contribution >= 4 is 17.7 Å². The molecular weight excluding hydrogens is 342 g/mol. The first-order valence-corrected chi connectivity index (χ1v) is 9.91. The Morgan fingerprint density at radius 3 is 2.22 bits per heavy atom. The molecule has 0 saturated carbocycles. The van der Waals surface area contributed by atoms with Gasteiger partial charge in [0.05, 0.1) is 6.42 Å². The number of hydrogen-bond donors (Lipinski definition) is 0. The maximum absolute atomic E-state index is 12.4. The van der Waals surface area contributed by atoms with Gasteiger partial charge in [0.1, 0.15) is 0 Å². The van der Waals surface area contributed by atoms with E-state index in [9.17, 15) is 14.4 Å². The van der Waals surface area contributed by atoms with Crippen molar-refractivity contribution in [2.24, 2.45) is 0 Å². The van der Waals surface area contributed by atoms with E-state index in [0.29, 0.717) is 5.56 Å². The normalized spacial score (nSPS) is 13.4. The molecule has 0 saturated heterocycles. The summed E-state index contributed by atoms with van der Waals surface area (Å²) in [7, 11) is 0. The highest BCUT2D eigenvalue weighted by Crippen LogP contribution is 2.23. The molecule has 1 amide bonds. The lowest BCUT2D eigenvalue weighted by atomic mass is 9.89. The van der Waals surface area contributed by atoms with E-state index in [2.05, 4.69) is 0 Å². The average molecular weight is 373 g/mol.